The first kappa shape index (κ1) is 20.9. The topological polar surface area (TPSA) is 93.7 Å². The van der Waals surface area contributed by atoms with E-state index in [1.807, 2.05) is 6.92 Å². The summed E-state index contributed by atoms with van der Waals surface area (Å²) in [4.78, 5) is 12.4. The number of sulfonamides is 1. The van der Waals surface area contributed by atoms with Crippen LogP contribution < -0.4 is 14.8 Å². The van der Waals surface area contributed by atoms with Gasteiger partial charge in [-0.05, 0) is 42.8 Å². The van der Waals surface area contributed by atoms with Crippen molar-refractivity contribution >= 4 is 15.9 Å². The summed E-state index contributed by atoms with van der Waals surface area (Å²) < 4.78 is 36.9. The number of rotatable bonds is 10. The second-order valence-electron chi connectivity index (χ2n) is 5.68. The summed E-state index contributed by atoms with van der Waals surface area (Å²) in [6, 6.07) is 13.3. The maximum Gasteiger partial charge on any atom is 0.251 e. The molecule has 2 rings (SSSR count). The summed E-state index contributed by atoms with van der Waals surface area (Å²) in [5, 5.41) is 2.81. The fourth-order valence-corrected chi connectivity index (χ4v) is 3.34. The second-order valence-corrected chi connectivity index (χ2v) is 7.44. The number of hydrogen-bond acceptors (Lipinski definition) is 5. The van der Waals surface area contributed by atoms with Crippen molar-refractivity contribution in [2.45, 2.75) is 18.4 Å². The van der Waals surface area contributed by atoms with Crippen molar-refractivity contribution in [1.82, 2.24) is 10.0 Å². The average Bonchev–Trinajstić information content (AvgIpc) is 2.67. The molecule has 2 N–H and O–H groups in total. The molecule has 0 aliphatic carbocycles. The lowest BCUT2D eigenvalue weighted by molar-refractivity contribution is 0.0950. The van der Waals surface area contributed by atoms with Gasteiger partial charge in [-0.25, -0.2) is 13.1 Å². The molecular weight excluding hydrogens is 368 g/mol. The molecule has 0 spiro atoms. The van der Waals surface area contributed by atoms with Crippen molar-refractivity contribution in [2.24, 2.45) is 0 Å². The molecule has 1 amide bonds. The van der Waals surface area contributed by atoms with Crippen molar-refractivity contribution in [3.8, 4) is 5.75 Å². The molecular formula is C19H24N2O5S. The van der Waals surface area contributed by atoms with Crippen LogP contribution in [0, 0.1) is 0 Å². The van der Waals surface area contributed by atoms with Crippen molar-refractivity contribution in [3.05, 3.63) is 59.7 Å². The molecule has 0 saturated heterocycles. The predicted octanol–water partition coefficient (Wildman–Crippen LogP) is 1.94. The quantitative estimate of drug-likeness (QED) is 0.603. The van der Waals surface area contributed by atoms with Crippen LogP contribution in [0.25, 0.3) is 0 Å². The molecule has 0 atom stereocenters. The molecule has 146 valence electrons. The highest BCUT2D eigenvalue weighted by Crippen LogP contribution is 2.14. The zero-order chi connectivity index (χ0) is 19.7. The summed E-state index contributed by atoms with van der Waals surface area (Å²) in [6.07, 6.45) is 0. The van der Waals surface area contributed by atoms with E-state index < -0.39 is 10.0 Å². The van der Waals surface area contributed by atoms with Crippen LogP contribution in [0.5, 0.6) is 5.75 Å². The number of nitrogens with one attached hydrogen (secondary N) is 2. The van der Waals surface area contributed by atoms with Gasteiger partial charge in [0, 0.05) is 25.8 Å². The molecule has 0 aromatic heterocycles. The Hall–Kier alpha value is -2.42. The molecule has 2 aromatic carbocycles. The van der Waals surface area contributed by atoms with E-state index in [0.29, 0.717) is 24.5 Å². The van der Waals surface area contributed by atoms with Crippen LogP contribution in [-0.4, -0.2) is 41.2 Å². The first-order chi connectivity index (χ1) is 13.0. The SMILES string of the molecule is CCOc1cccc(C(=O)NCc2ccc(S(=O)(=O)NCCOC)cc2)c1. The number of hydrogen-bond donors (Lipinski definition) is 2. The standard InChI is InChI=1S/C19H24N2O5S/c1-3-26-17-6-4-5-16(13-17)19(22)20-14-15-7-9-18(10-8-15)27(23,24)21-11-12-25-2/h4-10,13,21H,3,11-12,14H2,1-2H3,(H,20,22). The molecule has 0 aliphatic heterocycles. The monoisotopic (exact) mass is 392 g/mol. The Labute approximate surface area is 159 Å². The van der Waals surface area contributed by atoms with Crippen molar-refractivity contribution in [3.63, 3.8) is 0 Å². The Balaban J connectivity index is 1.94. The van der Waals surface area contributed by atoms with Gasteiger partial charge in [0.05, 0.1) is 18.1 Å². The highest BCUT2D eigenvalue weighted by Gasteiger charge is 2.13. The van der Waals surface area contributed by atoms with Crippen molar-refractivity contribution in [2.75, 3.05) is 26.9 Å². The summed E-state index contributed by atoms with van der Waals surface area (Å²) in [5.74, 6) is 0.412. The fourth-order valence-electron chi connectivity index (χ4n) is 2.33. The maximum absolute atomic E-state index is 12.3. The van der Waals surface area contributed by atoms with Gasteiger partial charge in [0.15, 0.2) is 0 Å². The lowest BCUT2D eigenvalue weighted by Crippen LogP contribution is -2.27. The molecule has 0 fully saturated rings. The van der Waals surface area contributed by atoms with Crippen LogP contribution >= 0.6 is 0 Å². The molecule has 8 heteroatoms. The highest BCUT2D eigenvalue weighted by atomic mass is 32.2. The van der Waals surface area contributed by atoms with E-state index in [0.717, 1.165) is 5.56 Å². The summed E-state index contributed by atoms with van der Waals surface area (Å²) in [5.41, 5.74) is 1.29. The zero-order valence-corrected chi connectivity index (χ0v) is 16.2. The first-order valence-electron chi connectivity index (χ1n) is 8.55. The molecule has 27 heavy (non-hydrogen) atoms. The van der Waals surface area contributed by atoms with E-state index in [-0.39, 0.29) is 23.9 Å². The zero-order valence-electron chi connectivity index (χ0n) is 15.4. The molecule has 7 nitrogen and oxygen atoms in total. The lowest BCUT2D eigenvalue weighted by Gasteiger charge is -2.09. The fraction of sp³-hybridized carbons (Fsp3) is 0.316. The minimum atomic E-state index is -3.57. The Morgan fingerprint density at radius 2 is 1.85 bits per heavy atom. The number of carbonyl (C=O) groups excluding carboxylic acids is 1. The van der Waals surface area contributed by atoms with Gasteiger partial charge >= 0.3 is 0 Å². The van der Waals surface area contributed by atoms with Gasteiger partial charge in [-0.3, -0.25) is 4.79 Å². The van der Waals surface area contributed by atoms with E-state index in [2.05, 4.69) is 10.0 Å². The lowest BCUT2D eigenvalue weighted by atomic mass is 10.2. The van der Waals surface area contributed by atoms with E-state index in [4.69, 9.17) is 9.47 Å². The van der Waals surface area contributed by atoms with Crippen LogP contribution in [0.15, 0.2) is 53.4 Å². The highest BCUT2D eigenvalue weighted by molar-refractivity contribution is 7.89. The van der Waals surface area contributed by atoms with Gasteiger partial charge in [-0.15, -0.1) is 0 Å². The Morgan fingerprint density at radius 3 is 2.52 bits per heavy atom. The number of ether oxygens (including phenoxy) is 2. The first-order valence-corrected chi connectivity index (χ1v) is 10.0. The van der Waals surface area contributed by atoms with Crippen LogP contribution in [0.1, 0.15) is 22.8 Å². The third kappa shape index (κ3) is 6.35. The van der Waals surface area contributed by atoms with Crippen LogP contribution in [-0.2, 0) is 21.3 Å². The van der Waals surface area contributed by atoms with E-state index in [9.17, 15) is 13.2 Å². The second kappa shape index (κ2) is 10.1. The Bertz CT molecular complexity index is 851. The normalized spacial score (nSPS) is 11.2. The van der Waals surface area contributed by atoms with Gasteiger partial charge in [-0.2, -0.15) is 0 Å². The van der Waals surface area contributed by atoms with Crippen molar-refractivity contribution in [1.29, 1.82) is 0 Å². The van der Waals surface area contributed by atoms with Crippen LogP contribution in [0.3, 0.4) is 0 Å². The molecule has 0 heterocycles. The third-order valence-electron chi connectivity index (χ3n) is 3.69. The summed E-state index contributed by atoms with van der Waals surface area (Å²) in [7, 11) is -2.06. The minimum absolute atomic E-state index is 0.165. The average molecular weight is 392 g/mol. The summed E-state index contributed by atoms with van der Waals surface area (Å²) in [6.45, 7) is 3.20. The number of amides is 1. The largest absolute Gasteiger partial charge is 0.494 e. The van der Waals surface area contributed by atoms with Gasteiger partial charge in [0.25, 0.3) is 5.91 Å². The third-order valence-corrected chi connectivity index (χ3v) is 5.17. The van der Waals surface area contributed by atoms with Crippen LogP contribution in [0.2, 0.25) is 0 Å². The molecule has 0 bridgehead atoms. The molecule has 0 unspecified atom stereocenters. The van der Waals surface area contributed by atoms with E-state index in [1.165, 1.54) is 19.2 Å². The molecule has 0 saturated carbocycles. The van der Waals surface area contributed by atoms with Gasteiger partial charge in [0.2, 0.25) is 10.0 Å². The Morgan fingerprint density at radius 1 is 1.11 bits per heavy atom. The summed E-state index contributed by atoms with van der Waals surface area (Å²) >= 11 is 0. The van der Waals surface area contributed by atoms with Crippen molar-refractivity contribution < 1.29 is 22.7 Å². The van der Waals surface area contributed by atoms with E-state index >= 15 is 0 Å². The molecule has 0 aliphatic rings. The smallest absolute Gasteiger partial charge is 0.251 e. The molecule has 2 aromatic rings. The Kier molecular flexibility index (Phi) is 7.78. The van der Waals surface area contributed by atoms with E-state index in [1.54, 1.807) is 36.4 Å². The van der Waals surface area contributed by atoms with Crippen LogP contribution in [0.4, 0.5) is 0 Å². The van der Waals surface area contributed by atoms with Gasteiger partial charge < -0.3 is 14.8 Å². The minimum Gasteiger partial charge on any atom is -0.494 e. The molecule has 0 radical (unpaired) electrons. The predicted molar refractivity (Wildman–Crippen MR) is 102 cm³/mol. The number of benzene rings is 2. The number of methoxy groups -OCH3 is 1. The van der Waals surface area contributed by atoms with Gasteiger partial charge in [0.1, 0.15) is 5.75 Å². The van der Waals surface area contributed by atoms with Gasteiger partial charge in [-0.1, -0.05) is 18.2 Å². The number of carbonyl (C=O) groups is 1. The maximum atomic E-state index is 12.3.